The molecule has 0 radical (unpaired) electrons. The summed E-state index contributed by atoms with van der Waals surface area (Å²) >= 11 is 7.37. The molecule has 0 amide bonds. The zero-order valence-corrected chi connectivity index (χ0v) is 13.1. The largest absolute Gasteiger partial charge is 0.365 e. The summed E-state index contributed by atoms with van der Waals surface area (Å²) in [6, 6.07) is 6.36. The molecule has 0 atom stereocenters. The van der Waals surface area contributed by atoms with Gasteiger partial charge in [-0.3, -0.25) is 0 Å². The van der Waals surface area contributed by atoms with Gasteiger partial charge in [0.1, 0.15) is 4.90 Å². The minimum atomic E-state index is -3.58. The number of nitrogens with zero attached hydrogens (tertiary/aromatic N) is 1. The third kappa shape index (κ3) is 3.69. The summed E-state index contributed by atoms with van der Waals surface area (Å²) in [6.07, 6.45) is 0.530. The molecule has 0 aliphatic carbocycles. The first-order valence-corrected chi connectivity index (χ1v) is 8.63. The Labute approximate surface area is 127 Å². The Morgan fingerprint density at radius 1 is 1.35 bits per heavy atom. The standard InChI is InChI=1S/C12H14ClN3O2S2/c1-14-12-16-9(8-19-12)6-7-15-20(17,18)11-5-3-2-4-10(11)13/h2-5,8,15H,6-7H2,1H3,(H,14,16). The maximum absolute atomic E-state index is 12.1. The number of hydrogen-bond donors (Lipinski definition) is 2. The van der Waals surface area contributed by atoms with E-state index in [1.54, 1.807) is 25.2 Å². The van der Waals surface area contributed by atoms with Crippen LogP contribution in [0.25, 0.3) is 0 Å². The van der Waals surface area contributed by atoms with E-state index in [1.165, 1.54) is 17.4 Å². The highest BCUT2D eigenvalue weighted by Gasteiger charge is 2.16. The lowest BCUT2D eigenvalue weighted by Crippen LogP contribution is -2.26. The van der Waals surface area contributed by atoms with Crippen molar-refractivity contribution in [3.8, 4) is 0 Å². The number of halogens is 1. The van der Waals surface area contributed by atoms with Gasteiger partial charge in [0, 0.05) is 25.4 Å². The van der Waals surface area contributed by atoms with Gasteiger partial charge in [0.25, 0.3) is 0 Å². The summed E-state index contributed by atoms with van der Waals surface area (Å²) in [5.41, 5.74) is 0.848. The molecule has 2 aromatic rings. The van der Waals surface area contributed by atoms with Crippen LogP contribution in [0.4, 0.5) is 5.13 Å². The summed E-state index contributed by atoms with van der Waals surface area (Å²) in [6.45, 7) is 0.278. The zero-order chi connectivity index (χ0) is 14.6. The summed E-state index contributed by atoms with van der Waals surface area (Å²) in [7, 11) is -1.79. The van der Waals surface area contributed by atoms with Crippen LogP contribution in [0.2, 0.25) is 5.02 Å². The van der Waals surface area contributed by atoms with Crippen molar-refractivity contribution in [3.63, 3.8) is 0 Å². The summed E-state index contributed by atoms with van der Waals surface area (Å²) in [5.74, 6) is 0. The Kier molecular flexibility index (Phi) is 4.98. The number of hydrogen-bond acceptors (Lipinski definition) is 5. The van der Waals surface area contributed by atoms with Crippen LogP contribution in [-0.4, -0.2) is 27.0 Å². The lowest BCUT2D eigenvalue weighted by atomic mass is 10.3. The van der Waals surface area contributed by atoms with Gasteiger partial charge >= 0.3 is 0 Å². The van der Waals surface area contributed by atoms with Crippen molar-refractivity contribution in [1.82, 2.24) is 9.71 Å². The fraction of sp³-hybridized carbons (Fsp3) is 0.250. The number of anilines is 1. The highest BCUT2D eigenvalue weighted by molar-refractivity contribution is 7.89. The number of thiazole rings is 1. The lowest BCUT2D eigenvalue weighted by molar-refractivity contribution is 0.581. The maximum Gasteiger partial charge on any atom is 0.242 e. The Morgan fingerprint density at radius 3 is 2.75 bits per heavy atom. The summed E-state index contributed by atoms with van der Waals surface area (Å²) in [4.78, 5) is 4.38. The molecule has 0 saturated heterocycles. The van der Waals surface area contributed by atoms with Gasteiger partial charge in [-0.15, -0.1) is 11.3 Å². The second-order valence-electron chi connectivity index (χ2n) is 3.97. The molecule has 0 aliphatic heterocycles. The van der Waals surface area contributed by atoms with E-state index in [9.17, 15) is 8.42 Å². The number of aromatic nitrogens is 1. The average Bonchev–Trinajstić information content (AvgIpc) is 2.87. The molecule has 0 fully saturated rings. The Hall–Kier alpha value is -1.15. The first kappa shape index (κ1) is 15.2. The number of benzene rings is 1. The van der Waals surface area contributed by atoms with E-state index >= 15 is 0 Å². The van der Waals surface area contributed by atoms with Crippen molar-refractivity contribution in [1.29, 1.82) is 0 Å². The zero-order valence-electron chi connectivity index (χ0n) is 10.8. The molecule has 5 nitrogen and oxygen atoms in total. The average molecular weight is 332 g/mol. The van der Waals surface area contributed by atoms with Crippen molar-refractivity contribution in [2.45, 2.75) is 11.3 Å². The van der Waals surface area contributed by atoms with E-state index in [1.807, 2.05) is 5.38 Å². The molecule has 0 bridgehead atoms. The molecule has 0 spiro atoms. The predicted molar refractivity (Wildman–Crippen MR) is 82.0 cm³/mol. The van der Waals surface area contributed by atoms with Crippen LogP contribution in [0.5, 0.6) is 0 Å². The molecule has 20 heavy (non-hydrogen) atoms. The quantitative estimate of drug-likeness (QED) is 0.852. The fourth-order valence-corrected chi connectivity index (χ4v) is 3.85. The summed E-state index contributed by atoms with van der Waals surface area (Å²) in [5, 5.41) is 5.86. The maximum atomic E-state index is 12.1. The van der Waals surface area contributed by atoms with Crippen LogP contribution in [0.15, 0.2) is 34.5 Å². The molecule has 0 unspecified atom stereocenters. The number of nitrogens with one attached hydrogen (secondary N) is 2. The minimum absolute atomic E-state index is 0.0934. The molecule has 0 aliphatic rings. The SMILES string of the molecule is CNc1nc(CCNS(=O)(=O)c2ccccc2Cl)cs1. The molecule has 108 valence electrons. The number of rotatable bonds is 6. The molecule has 1 aromatic heterocycles. The van der Waals surface area contributed by atoms with Crippen LogP contribution in [0, 0.1) is 0 Å². The van der Waals surface area contributed by atoms with E-state index in [-0.39, 0.29) is 16.5 Å². The Morgan fingerprint density at radius 2 is 2.10 bits per heavy atom. The van der Waals surface area contributed by atoms with Gasteiger partial charge < -0.3 is 5.32 Å². The number of sulfonamides is 1. The van der Waals surface area contributed by atoms with Crippen molar-refractivity contribution >= 4 is 38.1 Å². The first-order valence-electron chi connectivity index (χ1n) is 5.89. The first-order chi connectivity index (χ1) is 9.53. The van der Waals surface area contributed by atoms with Gasteiger partial charge in [-0.2, -0.15) is 0 Å². The second kappa shape index (κ2) is 6.53. The van der Waals surface area contributed by atoms with Gasteiger partial charge in [0.15, 0.2) is 5.13 Å². The third-order valence-electron chi connectivity index (χ3n) is 2.57. The predicted octanol–water partition coefficient (Wildman–Crippen LogP) is 2.36. The van der Waals surface area contributed by atoms with E-state index < -0.39 is 10.0 Å². The van der Waals surface area contributed by atoms with Crippen molar-refractivity contribution in [2.24, 2.45) is 0 Å². The molecule has 0 saturated carbocycles. The van der Waals surface area contributed by atoms with E-state index in [2.05, 4.69) is 15.0 Å². The molecular formula is C12H14ClN3O2S2. The van der Waals surface area contributed by atoms with Gasteiger partial charge in [0.05, 0.1) is 10.7 Å². The van der Waals surface area contributed by atoms with Crippen molar-refractivity contribution in [3.05, 3.63) is 40.4 Å². The topological polar surface area (TPSA) is 71.1 Å². The highest BCUT2D eigenvalue weighted by atomic mass is 35.5. The second-order valence-corrected chi connectivity index (χ2v) is 6.97. The Bertz CT molecular complexity index is 686. The van der Waals surface area contributed by atoms with Crippen molar-refractivity contribution in [2.75, 3.05) is 18.9 Å². The van der Waals surface area contributed by atoms with Crippen LogP contribution >= 0.6 is 22.9 Å². The Balaban J connectivity index is 1.98. The monoisotopic (exact) mass is 331 g/mol. The van der Waals surface area contributed by atoms with Gasteiger partial charge in [-0.1, -0.05) is 23.7 Å². The lowest BCUT2D eigenvalue weighted by Gasteiger charge is -2.07. The van der Waals surface area contributed by atoms with E-state index in [4.69, 9.17) is 11.6 Å². The van der Waals surface area contributed by atoms with Crippen LogP contribution < -0.4 is 10.0 Å². The minimum Gasteiger partial charge on any atom is -0.365 e. The normalized spacial score (nSPS) is 11.5. The van der Waals surface area contributed by atoms with Gasteiger partial charge in [0.2, 0.25) is 10.0 Å². The van der Waals surface area contributed by atoms with E-state index in [0.29, 0.717) is 6.42 Å². The fourth-order valence-electron chi connectivity index (χ4n) is 1.59. The molecular weight excluding hydrogens is 318 g/mol. The van der Waals surface area contributed by atoms with Crippen molar-refractivity contribution < 1.29 is 8.42 Å². The highest BCUT2D eigenvalue weighted by Crippen LogP contribution is 2.20. The van der Waals surface area contributed by atoms with Crippen LogP contribution in [0.1, 0.15) is 5.69 Å². The molecule has 2 N–H and O–H groups in total. The third-order valence-corrected chi connectivity index (χ3v) is 5.43. The molecule has 1 heterocycles. The molecule has 8 heteroatoms. The molecule has 2 rings (SSSR count). The molecule has 1 aromatic carbocycles. The van der Waals surface area contributed by atoms with Crippen LogP contribution in [0.3, 0.4) is 0 Å². The van der Waals surface area contributed by atoms with E-state index in [0.717, 1.165) is 10.8 Å². The van der Waals surface area contributed by atoms with Gasteiger partial charge in [-0.25, -0.2) is 18.1 Å². The van der Waals surface area contributed by atoms with Crippen LogP contribution in [-0.2, 0) is 16.4 Å². The smallest absolute Gasteiger partial charge is 0.242 e. The van der Waals surface area contributed by atoms with Gasteiger partial charge in [-0.05, 0) is 12.1 Å². The summed E-state index contributed by atoms with van der Waals surface area (Å²) < 4.78 is 26.7.